The molecule has 0 amide bonds. The fourth-order valence-electron chi connectivity index (χ4n) is 1.95. The van der Waals surface area contributed by atoms with Crippen LogP contribution in [0.5, 0.6) is 0 Å². The van der Waals surface area contributed by atoms with Gasteiger partial charge in [0.25, 0.3) is 0 Å². The van der Waals surface area contributed by atoms with Crippen LogP contribution in [0.25, 0.3) is 11.1 Å². The maximum atomic E-state index is 10.3. The van der Waals surface area contributed by atoms with Gasteiger partial charge >= 0.3 is 5.97 Å². The second-order valence-corrected chi connectivity index (χ2v) is 4.56. The van der Waals surface area contributed by atoms with Crippen molar-refractivity contribution >= 4 is 17.1 Å². The second kappa shape index (κ2) is 6.33. The number of carboxylic acid groups (broad SMARTS) is 1. The van der Waals surface area contributed by atoms with Gasteiger partial charge < -0.3 is 14.8 Å². The van der Waals surface area contributed by atoms with Crippen molar-refractivity contribution in [1.82, 2.24) is 10.3 Å². The van der Waals surface area contributed by atoms with Crippen molar-refractivity contribution in [3.63, 3.8) is 0 Å². The molecule has 0 bridgehead atoms. The zero-order valence-corrected chi connectivity index (χ0v) is 11.0. The lowest BCUT2D eigenvalue weighted by Gasteiger charge is -2.04. The van der Waals surface area contributed by atoms with E-state index < -0.39 is 5.97 Å². The fourth-order valence-corrected chi connectivity index (χ4v) is 1.95. The average molecular weight is 262 g/mol. The Kier molecular flexibility index (Phi) is 4.52. The summed E-state index contributed by atoms with van der Waals surface area (Å²) in [5, 5.41) is 11.8. The van der Waals surface area contributed by atoms with Crippen molar-refractivity contribution in [2.45, 2.75) is 32.7 Å². The van der Waals surface area contributed by atoms with Crippen LogP contribution in [0.2, 0.25) is 0 Å². The van der Waals surface area contributed by atoms with Crippen LogP contribution in [0.3, 0.4) is 0 Å². The molecule has 0 aliphatic rings. The van der Waals surface area contributed by atoms with Gasteiger partial charge in [0.15, 0.2) is 11.5 Å². The number of nitrogens with zero attached hydrogens (tertiary/aromatic N) is 1. The molecular formula is C14H18N2O3. The molecule has 5 heteroatoms. The van der Waals surface area contributed by atoms with Gasteiger partial charge in [-0.25, -0.2) is 4.98 Å². The van der Waals surface area contributed by atoms with E-state index in [9.17, 15) is 4.79 Å². The smallest absolute Gasteiger partial charge is 0.303 e. The number of hydrogen-bond acceptors (Lipinski definition) is 4. The first-order valence-corrected chi connectivity index (χ1v) is 6.44. The molecule has 0 atom stereocenters. The van der Waals surface area contributed by atoms with E-state index in [0.29, 0.717) is 12.3 Å². The molecule has 2 rings (SSSR count). The van der Waals surface area contributed by atoms with E-state index in [4.69, 9.17) is 9.52 Å². The zero-order chi connectivity index (χ0) is 13.7. The molecule has 2 aromatic rings. The van der Waals surface area contributed by atoms with Crippen LogP contribution in [0.1, 0.15) is 30.7 Å². The number of benzene rings is 1. The van der Waals surface area contributed by atoms with E-state index in [0.717, 1.165) is 36.2 Å². The third kappa shape index (κ3) is 4.06. The number of hydrogen-bond donors (Lipinski definition) is 2. The van der Waals surface area contributed by atoms with Gasteiger partial charge in [0.1, 0.15) is 5.52 Å². The summed E-state index contributed by atoms with van der Waals surface area (Å²) in [6, 6.07) is 5.96. The monoisotopic (exact) mass is 262 g/mol. The minimum atomic E-state index is -0.730. The summed E-state index contributed by atoms with van der Waals surface area (Å²) in [4.78, 5) is 14.6. The molecule has 0 saturated carbocycles. The number of unbranched alkanes of at least 4 members (excludes halogenated alkanes) is 1. The molecule has 2 N–H and O–H groups in total. The standard InChI is InChI=1S/C14H18N2O3/c1-10-16-12-6-5-11(8-13(12)19-10)9-15-7-3-2-4-14(17)18/h5-6,8,15H,2-4,7,9H2,1H3,(H,17,18). The molecule has 0 fully saturated rings. The van der Waals surface area contributed by atoms with E-state index in [1.807, 2.05) is 25.1 Å². The number of nitrogens with one attached hydrogen (secondary N) is 1. The molecule has 102 valence electrons. The van der Waals surface area contributed by atoms with E-state index >= 15 is 0 Å². The molecule has 0 radical (unpaired) electrons. The highest BCUT2D eigenvalue weighted by Gasteiger charge is 2.03. The maximum absolute atomic E-state index is 10.3. The number of oxazole rings is 1. The third-order valence-corrected chi connectivity index (χ3v) is 2.88. The van der Waals surface area contributed by atoms with Crippen LogP contribution in [0.15, 0.2) is 22.6 Å². The Morgan fingerprint density at radius 3 is 3.05 bits per heavy atom. The van der Waals surface area contributed by atoms with Gasteiger partial charge in [0.2, 0.25) is 0 Å². The van der Waals surface area contributed by atoms with Gasteiger partial charge in [-0.05, 0) is 37.1 Å². The molecule has 0 spiro atoms. The highest BCUT2D eigenvalue weighted by atomic mass is 16.4. The van der Waals surface area contributed by atoms with Crippen LogP contribution in [-0.4, -0.2) is 22.6 Å². The van der Waals surface area contributed by atoms with Gasteiger partial charge in [0.05, 0.1) is 0 Å². The molecule has 1 heterocycles. The number of rotatable bonds is 7. The maximum Gasteiger partial charge on any atom is 0.303 e. The van der Waals surface area contributed by atoms with Crippen molar-refractivity contribution in [3.8, 4) is 0 Å². The number of aryl methyl sites for hydroxylation is 1. The minimum absolute atomic E-state index is 0.241. The average Bonchev–Trinajstić information content (AvgIpc) is 2.72. The normalized spacial score (nSPS) is 11.0. The quantitative estimate of drug-likeness (QED) is 0.750. The van der Waals surface area contributed by atoms with Crippen LogP contribution in [0.4, 0.5) is 0 Å². The summed E-state index contributed by atoms with van der Waals surface area (Å²) in [6.07, 6.45) is 1.82. The Labute approximate surface area is 111 Å². The summed E-state index contributed by atoms with van der Waals surface area (Å²) >= 11 is 0. The van der Waals surface area contributed by atoms with Gasteiger partial charge in [-0.15, -0.1) is 0 Å². The zero-order valence-electron chi connectivity index (χ0n) is 11.0. The first kappa shape index (κ1) is 13.5. The first-order chi connectivity index (χ1) is 9.15. The van der Waals surface area contributed by atoms with Crippen molar-refractivity contribution in [1.29, 1.82) is 0 Å². The van der Waals surface area contributed by atoms with Crippen molar-refractivity contribution < 1.29 is 14.3 Å². The molecule has 0 aliphatic carbocycles. The lowest BCUT2D eigenvalue weighted by Crippen LogP contribution is -2.14. The van der Waals surface area contributed by atoms with E-state index in [2.05, 4.69) is 10.3 Å². The van der Waals surface area contributed by atoms with Crippen LogP contribution < -0.4 is 5.32 Å². The Balaban J connectivity index is 1.76. The lowest BCUT2D eigenvalue weighted by atomic mass is 10.2. The Bertz CT molecular complexity index is 563. The van der Waals surface area contributed by atoms with Crippen molar-refractivity contribution in [3.05, 3.63) is 29.7 Å². The SMILES string of the molecule is Cc1nc2ccc(CNCCCCC(=O)O)cc2o1. The van der Waals surface area contributed by atoms with E-state index in [1.54, 1.807) is 0 Å². The molecule has 1 aromatic carbocycles. The summed E-state index contributed by atoms with van der Waals surface area (Å²) < 4.78 is 5.48. The number of aromatic nitrogens is 1. The molecule has 19 heavy (non-hydrogen) atoms. The fraction of sp³-hybridized carbons (Fsp3) is 0.429. The predicted molar refractivity (Wildman–Crippen MR) is 71.9 cm³/mol. The number of fused-ring (bicyclic) bond motifs is 1. The van der Waals surface area contributed by atoms with Gasteiger partial charge in [0, 0.05) is 19.9 Å². The number of carbonyl (C=O) groups is 1. The highest BCUT2D eigenvalue weighted by molar-refractivity contribution is 5.73. The topological polar surface area (TPSA) is 75.4 Å². The van der Waals surface area contributed by atoms with Gasteiger partial charge in [-0.2, -0.15) is 0 Å². The molecule has 0 unspecified atom stereocenters. The Morgan fingerprint density at radius 1 is 1.42 bits per heavy atom. The van der Waals surface area contributed by atoms with Crippen LogP contribution in [-0.2, 0) is 11.3 Å². The lowest BCUT2D eigenvalue weighted by molar-refractivity contribution is -0.137. The van der Waals surface area contributed by atoms with Crippen LogP contribution >= 0.6 is 0 Å². The number of aliphatic carboxylic acids is 1. The summed E-state index contributed by atoms with van der Waals surface area (Å²) in [5.41, 5.74) is 2.83. The first-order valence-electron chi connectivity index (χ1n) is 6.44. The van der Waals surface area contributed by atoms with Gasteiger partial charge in [-0.3, -0.25) is 4.79 Å². The summed E-state index contributed by atoms with van der Waals surface area (Å²) in [5.74, 6) is -0.0556. The predicted octanol–water partition coefficient (Wildman–Crippen LogP) is 2.48. The molecule has 0 saturated heterocycles. The Morgan fingerprint density at radius 2 is 2.26 bits per heavy atom. The van der Waals surface area contributed by atoms with E-state index in [1.165, 1.54) is 0 Å². The third-order valence-electron chi connectivity index (χ3n) is 2.88. The molecule has 0 aliphatic heterocycles. The molecule has 5 nitrogen and oxygen atoms in total. The summed E-state index contributed by atoms with van der Waals surface area (Å²) in [6.45, 7) is 3.41. The minimum Gasteiger partial charge on any atom is -0.481 e. The Hall–Kier alpha value is -1.88. The highest BCUT2D eigenvalue weighted by Crippen LogP contribution is 2.16. The molecular weight excluding hydrogens is 244 g/mol. The second-order valence-electron chi connectivity index (χ2n) is 4.56. The van der Waals surface area contributed by atoms with Crippen molar-refractivity contribution in [2.24, 2.45) is 0 Å². The largest absolute Gasteiger partial charge is 0.481 e. The summed E-state index contributed by atoms with van der Waals surface area (Å²) in [7, 11) is 0. The van der Waals surface area contributed by atoms with Crippen LogP contribution in [0, 0.1) is 6.92 Å². The number of carboxylic acids is 1. The molecule has 1 aromatic heterocycles. The van der Waals surface area contributed by atoms with Gasteiger partial charge in [-0.1, -0.05) is 6.07 Å². The van der Waals surface area contributed by atoms with Crippen molar-refractivity contribution in [2.75, 3.05) is 6.54 Å². The van der Waals surface area contributed by atoms with E-state index in [-0.39, 0.29) is 6.42 Å².